The Morgan fingerprint density at radius 2 is 1.86 bits per heavy atom. The zero-order chi connectivity index (χ0) is 21.0. The van der Waals surface area contributed by atoms with Gasteiger partial charge < -0.3 is 5.32 Å². The lowest BCUT2D eigenvalue weighted by molar-refractivity contribution is -0.125. The molecule has 160 valence electrons. The highest BCUT2D eigenvalue weighted by Crippen LogP contribution is 2.20. The molecule has 0 spiro atoms. The third-order valence-corrected chi connectivity index (χ3v) is 6.96. The molecule has 3 rings (SSSR count). The molecule has 2 aliphatic rings. The minimum atomic E-state index is -3.55. The van der Waals surface area contributed by atoms with E-state index < -0.39 is 22.1 Å². The first-order valence-electron chi connectivity index (χ1n) is 10.2. The van der Waals surface area contributed by atoms with Crippen molar-refractivity contribution in [3.63, 3.8) is 0 Å². The molecule has 29 heavy (non-hydrogen) atoms. The molecule has 1 saturated heterocycles. The molecule has 0 radical (unpaired) electrons. The molecule has 1 aliphatic heterocycles. The second kappa shape index (κ2) is 9.23. The minimum absolute atomic E-state index is 0.111. The van der Waals surface area contributed by atoms with E-state index in [1.54, 1.807) is 31.2 Å². The Bertz CT molecular complexity index is 837. The zero-order valence-electron chi connectivity index (χ0n) is 17.0. The lowest BCUT2D eigenvalue weighted by Gasteiger charge is -2.36. The van der Waals surface area contributed by atoms with Gasteiger partial charge in [-0.25, -0.2) is 17.9 Å². The number of hydrogen-bond acceptors (Lipinski definition) is 5. The molecule has 3 N–H and O–H groups in total. The third kappa shape index (κ3) is 6.25. The SMILES string of the molecule is Cc1ccc(S(=O)(=O)NCC2CCCN(C(C)C(=O)NC(=O)NC3CC3)C2)cc1. The van der Waals surface area contributed by atoms with E-state index in [-0.39, 0.29) is 22.8 Å². The predicted molar refractivity (Wildman–Crippen MR) is 110 cm³/mol. The Labute approximate surface area is 172 Å². The van der Waals surface area contributed by atoms with Crippen LogP contribution >= 0.6 is 0 Å². The maximum atomic E-state index is 12.5. The molecule has 9 heteroatoms. The zero-order valence-corrected chi connectivity index (χ0v) is 17.8. The molecular weight excluding hydrogens is 392 g/mol. The van der Waals surface area contributed by atoms with E-state index in [1.165, 1.54) is 0 Å². The number of imide groups is 1. The number of nitrogens with zero attached hydrogens (tertiary/aromatic N) is 1. The highest BCUT2D eigenvalue weighted by Gasteiger charge is 2.30. The summed E-state index contributed by atoms with van der Waals surface area (Å²) in [5, 5.41) is 5.14. The molecule has 1 aromatic carbocycles. The molecule has 3 amide bonds. The molecule has 1 aromatic rings. The van der Waals surface area contributed by atoms with Crippen LogP contribution in [0.5, 0.6) is 0 Å². The van der Waals surface area contributed by atoms with Crippen LogP contribution in [0.2, 0.25) is 0 Å². The van der Waals surface area contributed by atoms with Crippen molar-refractivity contribution < 1.29 is 18.0 Å². The largest absolute Gasteiger partial charge is 0.335 e. The van der Waals surface area contributed by atoms with Crippen molar-refractivity contribution in [3.8, 4) is 0 Å². The molecular formula is C20H30N4O4S. The molecule has 0 bridgehead atoms. The first-order valence-corrected chi connectivity index (χ1v) is 11.6. The third-order valence-electron chi connectivity index (χ3n) is 5.52. The fraction of sp³-hybridized carbons (Fsp3) is 0.600. The monoisotopic (exact) mass is 422 g/mol. The maximum Gasteiger partial charge on any atom is 0.321 e. The van der Waals surface area contributed by atoms with Gasteiger partial charge in [0.1, 0.15) is 0 Å². The average Bonchev–Trinajstić information content (AvgIpc) is 3.50. The number of rotatable bonds is 7. The minimum Gasteiger partial charge on any atom is -0.335 e. The van der Waals surface area contributed by atoms with E-state index in [0.717, 1.165) is 37.8 Å². The standard InChI is InChI=1S/C20H30N4O4S/c1-14-5-9-18(10-6-14)29(27,28)21-12-16-4-3-11-24(13-16)15(2)19(25)23-20(26)22-17-7-8-17/h5-6,9-10,15-17,21H,3-4,7-8,11-13H2,1-2H3,(H2,22,23,25,26). The van der Waals surface area contributed by atoms with E-state index >= 15 is 0 Å². The summed E-state index contributed by atoms with van der Waals surface area (Å²) in [7, 11) is -3.55. The molecule has 1 saturated carbocycles. The number of likely N-dealkylation sites (tertiary alicyclic amines) is 1. The Balaban J connectivity index is 1.49. The van der Waals surface area contributed by atoms with Crippen LogP contribution < -0.4 is 15.4 Å². The number of amides is 3. The van der Waals surface area contributed by atoms with Gasteiger partial charge in [-0.3, -0.25) is 15.0 Å². The number of nitrogens with one attached hydrogen (secondary N) is 3. The van der Waals surface area contributed by atoms with Crippen molar-refractivity contribution >= 4 is 22.0 Å². The fourth-order valence-corrected chi connectivity index (χ4v) is 4.59. The molecule has 2 unspecified atom stereocenters. The van der Waals surface area contributed by atoms with Gasteiger partial charge in [-0.15, -0.1) is 0 Å². The van der Waals surface area contributed by atoms with Crippen LogP contribution in [0.1, 0.15) is 38.2 Å². The number of piperidine rings is 1. The van der Waals surface area contributed by atoms with Crippen LogP contribution in [0, 0.1) is 12.8 Å². The first-order chi connectivity index (χ1) is 13.7. The summed E-state index contributed by atoms with van der Waals surface area (Å²) in [5.74, 6) is -0.219. The molecule has 1 aliphatic carbocycles. The lowest BCUT2D eigenvalue weighted by Crippen LogP contribution is -2.53. The number of carbonyl (C=O) groups excluding carboxylic acids is 2. The Hall–Kier alpha value is -1.97. The van der Waals surface area contributed by atoms with Crippen LogP contribution in [0.3, 0.4) is 0 Å². The number of hydrogen-bond donors (Lipinski definition) is 3. The van der Waals surface area contributed by atoms with Crippen molar-refractivity contribution in [2.45, 2.75) is 56.5 Å². The maximum absolute atomic E-state index is 12.5. The van der Waals surface area contributed by atoms with Crippen molar-refractivity contribution in [1.82, 2.24) is 20.3 Å². The van der Waals surface area contributed by atoms with E-state index in [4.69, 9.17) is 0 Å². The number of benzene rings is 1. The summed E-state index contributed by atoms with van der Waals surface area (Å²) in [6.45, 7) is 5.37. The summed E-state index contributed by atoms with van der Waals surface area (Å²) in [6.07, 6.45) is 3.69. The van der Waals surface area contributed by atoms with Crippen molar-refractivity contribution in [3.05, 3.63) is 29.8 Å². The van der Waals surface area contributed by atoms with Gasteiger partial charge in [0, 0.05) is 19.1 Å². The van der Waals surface area contributed by atoms with E-state index in [9.17, 15) is 18.0 Å². The topological polar surface area (TPSA) is 108 Å². The fourth-order valence-electron chi connectivity index (χ4n) is 3.48. The molecule has 8 nitrogen and oxygen atoms in total. The normalized spacial score (nSPS) is 21.4. The molecule has 2 fully saturated rings. The van der Waals surface area contributed by atoms with Gasteiger partial charge in [0.2, 0.25) is 15.9 Å². The highest BCUT2D eigenvalue weighted by molar-refractivity contribution is 7.89. The van der Waals surface area contributed by atoms with Crippen LogP contribution in [0.4, 0.5) is 4.79 Å². The Kier molecular flexibility index (Phi) is 6.92. The number of carbonyl (C=O) groups is 2. The van der Waals surface area contributed by atoms with Gasteiger partial charge in [0.25, 0.3) is 0 Å². The van der Waals surface area contributed by atoms with E-state index in [0.29, 0.717) is 13.1 Å². The first kappa shape index (κ1) is 21.7. The van der Waals surface area contributed by atoms with Gasteiger partial charge in [0.05, 0.1) is 10.9 Å². The second-order valence-electron chi connectivity index (χ2n) is 8.08. The summed E-state index contributed by atoms with van der Waals surface area (Å²) >= 11 is 0. The summed E-state index contributed by atoms with van der Waals surface area (Å²) in [4.78, 5) is 26.4. The van der Waals surface area contributed by atoms with E-state index in [1.807, 2.05) is 11.8 Å². The van der Waals surface area contributed by atoms with Gasteiger partial charge in [-0.2, -0.15) is 0 Å². The average molecular weight is 423 g/mol. The quantitative estimate of drug-likeness (QED) is 0.615. The lowest BCUT2D eigenvalue weighted by atomic mass is 9.97. The van der Waals surface area contributed by atoms with E-state index in [2.05, 4.69) is 15.4 Å². The highest BCUT2D eigenvalue weighted by atomic mass is 32.2. The Morgan fingerprint density at radius 1 is 1.17 bits per heavy atom. The summed E-state index contributed by atoms with van der Waals surface area (Å²) in [6, 6.07) is 6.06. The number of sulfonamides is 1. The second-order valence-corrected chi connectivity index (χ2v) is 9.85. The van der Waals surface area contributed by atoms with Gasteiger partial charge in [-0.1, -0.05) is 17.7 Å². The van der Waals surface area contributed by atoms with Gasteiger partial charge >= 0.3 is 6.03 Å². The number of urea groups is 1. The van der Waals surface area contributed by atoms with Crippen LogP contribution in [-0.4, -0.2) is 57.0 Å². The number of aryl methyl sites for hydroxylation is 1. The van der Waals surface area contributed by atoms with Crippen LogP contribution in [0.25, 0.3) is 0 Å². The summed E-state index contributed by atoms with van der Waals surface area (Å²) < 4.78 is 27.7. The van der Waals surface area contributed by atoms with Crippen molar-refractivity contribution in [2.24, 2.45) is 5.92 Å². The molecule has 0 aromatic heterocycles. The van der Waals surface area contributed by atoms with Gasteiger partial charge in [0.15, 0.2) is 0 Å². The van der Waals surface area contributed by atoms with Crippen LogP contribution in [0.15, 0.2) is 29.2 Å². The van der Waals surface area contributed by atoms with Crippen LogP contribution in [-0.2, 0) is 14.8 Å². The molecule has 1 heterocycles. The Morgan fingerprint density at radius 3 is 2.52 bits per heavy atom. The van der Waals surface area contributed by atoms with Gasteiger partial charge in [-0.05, 0) is 64.1 Å². The predicted octanol–water partition coefficient (Wildman–Crippen LogP) is 1.36. The smallest absolute Gasteiger partial charge is 0.321 e. The summed E-state index contributed by atoms with van der Waals surface area (Å²) in [5.41, 5.74) is 1.00. The van der Waals surface area contributed by atoms with Crippen molar-refractivity contribution in [1.29, 1.82) is 0 Å². The molecule has 2 atom stereocenters. The van der Waals surface area contributed by atoms with Crippen molar-refractivity contribution in [2.75, 3.05) is 19.6 Å².